The van der Waals surface area contributed by atoms with Gasteiger partial charge in [-0.05, 0) is 53.3 Å². The fourth-order valence-electron chi connectivity index (χ4n) is 4.85. The number of benzene rings is 3. The van der Waals surface area contributed by atoms with Gasteiger partial charge in [0.1, 0.15) is 12.4 Å². The Morgan fingerprint density at radius 2 is 1.57 bits per heavy atom. The molecule has 3 aromatic carbocycles. The van der Waals surface area contributed by atoms with Gasteiger partial charge in [0, 0.05) is 12.0 Å². The minimum Gasteiger partial charge on any atom is -1.00 e. The molecule has 0 fully saturated rings. The maximum absolute atomic E-state index is 14.6. The van der Waals surface area contributed by atoms with Crippen molar-refractivity contribution >= 4 is 5.71 Å². The predicted molar refractivity (Wildman–Crippen MR) is 136 cm³/mol. The molecule has 0 aliphatic carbocycles. The normalized spacial score (nSPS) is 14.1. The third kappa shape index (κ3) is 5.54. The monoisotopic (exact) mass is 495 g/mol. The molecule has 186 valence electrons. The molecular weight excluding hydrogens is 461 g/mol. The molecule has 3 nitrogen and oxygen atoms in total. The van der Waals surface area contributed by atoms with Crippen molar-refractivity contribution in [1.29, 1.82) is 0 Å². The van der Waals surface area contributed by atoms with Crippen molar-refractivity contribution in [3.05, 3.63) is 94.3 Å². The average molecular weight is 496 g/mol. The summed E-state index contributed by atoms with van der Waals surface area (Å²) in [6.07, 6.45) is 0.864. The quantitative estimate of drug-likeness (QED) is 0.488. The van der Waals surface area contributed by atoms with Gasteiger partial charge in [0.05, 0.1) is 25.7 Å². The standard InChI is InChI=1S/C30H35FNO2.ClH/c1-20(21-11-13-24(14-12-21)30(2,3)4)29-25-18-28(34-6)27(33-5)17-22(25)15-16-32(29)19-23-9-7-8-10-26(23)31;/h7-14,17-18,20H,15-16,19H2,1-6H3;1H/q+1;/p-1. The lowest BCUT2D eigenvalue weighted by Crippen LogP contribution is -3.00. The molecule has 0 N–H and O–H groups in total. The van der Waals surface area contributed by atoms with Gasteiger partial charge in [-0.25, -0.2) is 8.97 Å². The summed E-state index contributed by atoms with van der Waals surface area (Å²) in [6.45, 7) is 10.3. The summed E-state index contributed by atoms with van der Waals surface area (Å²) in [5.74, 6) is 1.41. The van der Waals surface area contributed by atoms with Crippen molar-refractivity contribution in [2.45, 2.75) is 52.0 Å². The molecule has 0 bridgehead atoms. The van der Waals surface area contributed by atoms with Crippen LogP contribution in [0.5, 0.6) is 11.5 Å². The van der Waals surface area contributed by atoms with Crippen LogP contribution in [0.2, 0.25) is 0 Å². The fraction of sp³-hybridized carbons (Fsp3) is 0.367. The molecule has 1 heterocycles. The Morgan fingerprint density at radius 3 is 2.17 bits per heavy atom. The van der Waals surface area contributed by atoms with Crippen LogP contribution < -0.4 is 21.9 Å². The van der Waals surface area contributed by atoms with E-state index in [1.165, 1.54) is 28.5 Å². The molecule has 0 saturated heterocycles. The molecule has 3 aromatic rings. The summed E-state index contributed by atoms with van der Waals surface area (Å²) in [5.41, 5.74) is 6.93. The number of hydrogen-bond acceptors (Lipinski definition) is 2. The molecule has 1 aliphatic heterocycles. The highest BCUT2D eigenvalue weighted by Gasteiger charge is 2.33. The molecule has 0 saturated carbocycles. The van der Waals surface area contributed by atoms with E-state index in [1.54, 1.807) is 20.3 Å². The summed E-state index contributed by atoms with van der Waals surface area (Å²) >= 11 is 0. The Labute approximate surface area is 215 Å². The summed E-state index contributed by atoms with van der Waals surface area (Å²) in [5, 5.41) is 0. The van der Waals surface area contributed by atoms with E-state index < -0.39 is 0 Å². The summed E-state index contributed by atoms with van der Waals surface area (Å²) in [7, 11) is 3.33. The Kier molecular flexibility index (Phi) is 8.27. The smallest absolute Gasteiger partial charge is 0.191 e. The maximum atomic E-state index is 14.6. The number of hydrogen-bond donors (Lipinski definition) is 0. The van der Waals surface area contributed by atoms with Crippen LogP contribution in [0, 0.1) is 5.82 Å². The Balaban J connectivity index is 0.00000342. The number of methoxy groups -OCH3 is 2. The average Bonchev–Trinajstić information content (AvgIpc) is 2.83. The Bertz CT molecular complexity index is 1210. The van der Waals surface area contributed by atoms with Gasteiger partial charge in [-0.2, -0.15) is 0 Å². The van der Waals surface area contributed by atoms with Gasteiger partial charge in [0.2, 0.25) is 0 Å². The first-order valence-electron chi connectivity index (χ1n) is 11.9. The SMILES string of the molecule is COc1cc2c(cc1OC)C(C(C)c1ccc(C(C)(C)C)cc1)=[N+](Cc1ccccc1F)CC2.[Cl-]. The number of nitrogens with zero attached hydrogens (tertiary/aromatic N) is 1. The third-order valence-corrected chi connectivity index (χ3v) is 6.88. The van der Waals surface area contributed by atoms with Crippen molar-refractivity contribution < 1.29 is 30.8 Å². The lowest BCUT2D eigenvalue weighted by molar-refractivity contribution is -0.546. The van der Waals surface area contributed by atoms with E-state index in [4.69, 9.17) is 9.47 Å². The van der Waals surface area contributed by atoms with E-state index in [2.05, 4.69) is 68.7 Å². The molecule has 1 unspecified atom stereocenters. The van der Waals surface area contributed by atoms with Crippen molar-refractivity contribution in [1.82, 2.24) is 0 Å². The van der Waals surface area contributed by atoms with Crippen molar-refractivity contribution in [3.63, 3.8) is 0 Å². The number of halogens is 2. The highest BCUT2D eigenvalue weighted by atomic mass is 35.5. The summed E-state index contributed by atoms with van der Waals surface area (Å²) in [4.78, 5) is 0. The second-order valence-electron chi connectivity index (χ2n) is 10.1. The van der Waals surface area contributed by atoms with Crippen molar-refractivity contribution in [2.75, 3.05) is 20.8 Å². The molecule has 0 radical (unpaired) electrons. The molecule has 5 heteroatoms. The van der Waals surface area contributed by atoms with Crippen LogP contribution in [0.1, 0.15) is 61.4 Å². The highest BCUT2D eigenvalue weighted by Crippen LogP contribution is 2.36. The summed E-state index contributed by atoms with van der Waals surface area (Å²) < 4.78 is 28.1. The highest BCUT2D eigenvalue weighted by molar-refractivity contribution is 6.03. The number of rotatable bonds is 6. The molecule has 1 aliphatic rings. The lowest BCUT2D eigenvalue weighted by Gasteiger charge is -2.25. The van der Waals surface area contributed by atoms with Crippen molar-refractivity contribution in [2.24, 2.45) is 0 Å². The molecule has 0 aromatic heterocycles. The number of ether oxygens (including phenoxy) is 2. The van der Waals surface area contributed by atoms with Crippen LogP contribution in [0.3, 0.4) is 0 Å². The Hall–Kier alpha value is -2.85. The molecule has 35 heavy (non-hydrogen) atoms. The maximum Gasteiger partial charge on any atom is 0.191 e. The molecule has 0 spiro atoms. The van der Waals surface area contributed by atoms with E-state index in [-0.39, 0.29) is 29.6 Å². The molecule has 1 atom stereocenters. The second-order valence-corrected chi connectivity index (χ2v) is 10.1. The minimum absolute atomic E-state index is 0. The van der Waals surface area contributed by atoms with Crippen LogP contribution >= 0.6 is 0 Å². The van der Waals surface area contributed by atoms with Crippen molar-refractivity contribution in [3.8, 4) is 11.5 Å². The fourth-order valence-corrected chi connectivity index (χ4v) is 4.85. The van der Waals surface area contributed by atoms with E-state index >= 15 is 0 Å². The zero-order valence-corrected chi connectivity index (χ0v) is 22.2. The van der Waals surface area contributed by atoms with E-state index in [9.17, 15) is 4.39 Å². The van der Waals surface area contributed by atoms with Gasteiger partial charge in [0.15, 0.2) is 23.8 Å². The zero-order valence-electron chi connectivity index (χ0n) is 21.5. The lowest BCUT2D eigenvalue weighted by atomic mass is 9.83. The van der Waals surface area contributed by atoms with Crippen LogP contribution in [0.15, 0.2) is 60.7 Å². The van der Waals surface area contributed by atoms with Gasteiger partial charge in [0.25, 0.3) is 0 Å². The Morgan fingerprint density at radius 1 is 0.943 bits per heavy atom. The van der Waals surface area contributed by atoms with Crippen LogP contribution in [-0.2, 0) is 18.4 Å². The molecular formula is C30H35ClFNO2. The zero-order chi connectivity index (χ0) is 24.5. The van der Waals surface area contributed by atoms with Crippen LogP contribution in [-0.4, -0.2) is 31.1 Å². The van der Waals surface area contributed by atoms with Gasteiger partial charge in [-0.15, -0.1) is 0 Å². The second kappa shape index (κ2) is 10.8. The topological polar surface area (TPSA) is 21.5 Å². The van der Waals surface area contributed by atoms with E-state index in [0.29, 0.717) is 17.9 Å². The number of fused-ring (bicyclic) bond motifs is 1. The minimum atomic E-state index is -0.165. The van der Waals surface area contributed by atoms with Gasteiger partial charge < -0.3 is 21.9 Å². The summed E-state index contributed by atoms with van der Waals surface area (Å²) in [6, 6.07) is 20.1. The van der Waals surface area contributed by atoms with Crippen LogP contribution in [0.25, 0.3) is 0 Å². The predicted octanol–water partition coefficient (Wildman–Crippen LogP) is 3.51. The van der Waals surface area contributed by atoms with Crippen LogP contribution in [0.4, 0.5) is 4.39 Å². The van der Waals surface area contributed by atoms with Gasteiger partial charge in [-0.1, -0.05) is 57.2 Å². The molecule has 4 rings (SSSR count). The molecule has 0 amide bonds. The third-order valence-electron chi connectivity index (χ3n) is 6.88. The first-order valence-corrected chi connectivity index (χ1v) is 11.9. The van der Waals surface area contributed by atoms with E-state index in [0.717, 1.165) is 24.3 Å². The van der Waals surface area contributed by atoms with Gasteiger partial charge >= 0.3 is 0 Å². The first-order chi connectivity index (χ1) is 16.2. The van der Waals surface area contributed by atoms with Gasteiger partial charge in [-0.3, -0.25) is 0 Å². The first kappa shape index (κ1) is 26.7. The largest absolute Gasteiger partial charge is 1.00 e. The van der Waals surface area contributed by atoms with E-state index in [1.807, 2.05) is 12.1 Å².